The van der Waals surface area contributed by atoms with Gasteiger partial charge in [0.15, 0.2) is 0 Å². The van der Waals surface area contributed by atoms with Gasteiger partial charge in [0.1, 0.15) is 5.75 Å². The highest BCUT2D eigenvalue weighted by atomic mass is 35.5. The maximum Gasteiger partial charge on any atom is 0.313 e. The Kier molecular flexibility index (Phi) is 6.36. The van der Waals surface area contributed by atoms with Crippen LogP contribution in [0.5, 0.6) is 11.5 Å². The van der Waals surface area contributed by atoms with Crippen LogP contribution < -0.4 is 4.74 Å². The second kappa shape index (κ2) is 8.50. The van der Waals surface area contributed by atoms with Crippen molar-refractivity contribution >= 4 is 29.1 Å². The van der Waals surface area contributed by atoms with E-state index in [0.29, 0.717) is 11.3 Å². The summed E-state index contributed by atoms with van der Waals surface area (Å²) in [5.41, 5.74) is 0.103. The van der Waals surface area contributed by atoms with Crippen molar-refractivity contribution in [1.29, 1.82) is 0 Å². The first-order valence-electron chi connectivity index (χ1n) is 7.86. The maximum atomic E-state index is 12.4. The summed E-state index contributed by atoms with van der Waals surface area (Å²) in [5.74, 6) is -0.156. The molecule has 0 bridgehead atoms. The van der Waals surface area contributed by atoms with E-state index in [1.807, 2.05) is 0 Å². The summed E-state index contributed by atoms with van der Waals surface area (Å²) in [6.45, 7) is -0.0406. The summed E-state index contributed by atoms with van der Waals surface area (Å²) in [6, 6.07) is 10.2. The highest BCUT2D eigenvalue weighted by Crippen LogP contribution is 2.33. The number of hydrogen-bond donors (Lipinski definition) is 0. The quantitative estimate of drug-likeness (QED) is 0.556. The number of hydrogen-bond acceptors (Lipinski definition) is 5. The van der Waals surface area contributed by atoms with Crippen LogP contribution in [0, 0.1) is 10.1 Å². The number of halogens is 1. The van der Waals surface area contributed by atoms with Crippen molar-refractivity contribution < 1.29 is 19.2 Å². The standard InChI is InChI=1S/C18H18ClN3O5/c1-20(2)17(23)11-21(3)18(24)12-4-7-14(8-5-12)27-16-9-6-13(19)10-15(16)22(25)26/h4-10H,11H2,1-3H3. The zero-order valence-corrected chi connectivity index (χ0v) is 15.8. The number of nitro benzene ring substituents is 1. The van der Waals surface area contributed by atoms with Gasteiger partial charge >= 0.3 is 5.69 Å². The molecule has 0 heterocycles. The Hall–Kier alpha value is -3.13. The molecule has 2 aromatic carbocycles. The van der Waals surface area contributed by atoms with E-state index in [1.165, 1.54) is 59.3 Å². The second-order valence-corrected chi connectivity index (χ2v) is 6.38. The van der Waals surface area contributed by atoms with Gasteiger partial charge in [-0.25, -0.2) is 0 Å². The van der Waals surface area contributed by atoms with Gasteiger partial charge in [-0.05, 0) is 36.4 Å². The van der Waals surface area contributed by atoms with Crippen molar-refractivity contribution in [1.82, 2.24) is 9.80 Å². The van der Waals surface area contributed by atoms with E-state index in [2.05, 4.69) is 0 Å². The monoisotopic (exact) mass is 391 g/mol. The molecule has 27 heavy (non-hydrogen) atoms. The Morgan fingerprint density at radius 1 is 1.11 bits per heavy atom. The minimum Gasteiger partial charge on any atom is -0.450 e. The molecule has 0 saturated carbocycles. The molecule has 0 unspecified atom stereocenters. The predicted octanol–water partition coefficient (Wildman–Crippen LogP) is 3.20. The van der Waals surface area contributed by atoms with E-state index in [4.69, 9.17) is 16.3 Å². The average molecular weight is 392 g/mol. The van der Waals surface area contributed by atoms with E-state index in [-0.39, 0.29) is 34.8 Å². The summed E-state index contributed by atoms with van der Waals surface area (Å²) in [5, 5.41) is 11.3. The molecule has 2 aromatic rings. The number of carbonyl (C=O) groups excluding carboxylic acids is 2. The highest BCUT2D eigenvalue weighted by molar-refractivity contribution is 6.30. The van der Waals surface area contributed by atoms with E-state index in [9.17, 15) is 19.7 Å². The lowest BCUT2D eigenvalue weighted by atomic mass is 10.2. The molecule has 0 saturated heterocycles. The first kappa shape index (κ1) is 20.2. The lowest BCUT2D eigenvalue weighted by Crippen LogP contribution is -2.37. The van der Waals surface area contributed by atoms with Crippen molar-refractivity contribution in [2.45, 2.75) is 0 Å². The first-order chi connectivity index (χ1) is 12.7. The van der Waals surface area contributed by atoms with Crippen LogP contribution in [0.3, 0.4) is 0 Å². The van der Waals surface area contributed by atoms with E-state index < -0.39 is 4.92 Å². The number of benzene rings is 2. The largest absolute Gasteiger partial charge is 0.450 e. The SMILES string of the molecule is CN(C)C(=O)CN(C)C(=O)c1ccc(Oc2ccc(Cl)cc2[N+](=O)[O-])cc1. The van der Waals surface area contributed by atoms with Gasteiger partial charge in [0.05, 0.1) is 11.5 Å². The lowest BCUT2D eigenvalue weighted by molar-refractivity contribution is -0.385. The topological polar surface area (TPSA) is 93.0 Å². The van der Waals surface area contributed by atoms with Crippen LogP contribution in [0.4, 0.5) is 5.69 Å². The number of rotatable bonds is 6. The van der Waals surface area contributed by atoms with E-state index in [0.717, 1.165) is 0 Å². The number of likely N-dealkylation sites (N-methyl/N-ethyl adjacent to an activating group) is 2. The fourth-order valence-electron chi connectivity index (χ4n) is 2.15. The minimum absolute atomic E-state index is 0.0391. The van der Waals surface area contributed by atoms with Crippen LogP contribution in [0.15, 0.2) is 42.5 Å². The van der Waals surface area contributed by atoms with Crippen molar-refractivity contribution in [3.05, 3.63) is 63.2 Å². The summed E-state index contributed by atoms with van der Waals surface area (Å²) < 4.78 is 5.53. The molecule has 142 valence electrons. The second-order valence-electron chi connectivity index (χ2n) is 5.94. The molecule has 0 aromatic heterocycles. The number of carbonyl (C=O) groups is 2. The van der Waals surface area contributed by atoms with Crippen molar-refractivity contribution in [2.24, 2.45) is 0 Å². The van der Waals surface area contributed by atoms with Gasteiger partial charge in [-0.2, -0.15) is 0 Å². The number of amides is 2. The number of ether oxygens (including phenoxy) is 1. The molecule has 0 aliphatic heterocycles. The molecule has 0 spiro atoms. The molecule has 0 fully saturated rings. The fourth-order valence-corrected chi connectivity index (χ4v) is 2.31. The normalized spacial score (nSPS) is 10.2. The van der Waals surface area contributed by atoms with Crippen LogP contribution in [0.1, 0.15) is 10.4 Å². The fraction of sp³-hybridized carbons (Fsp3) is 0.222. The third-order valence-corrected chi connectivity index (χ3v) is 3.90. The highest BCUT2D eigenvalue weighted by Gasteiger charge is 2.18. The third kappa shape index (κ3) is 5.18. The zero-order valence-electron chi connectivity index (χ0n) is 15.0. The van der Waals surface area contributed by atoms with Gasteiger partial charge in [0.2, 0.25) is 11.7 Å². The Morgan fingerprint density at radius 3 is 2.30 bits per heavy atom. The average Bonchev–Trinajstić information content (AvgIpc) is 2.62. The Morgan fingerprint density at radius 2 is 1.74 bits per heavy atom. The van der Waals surface area contributed by atoms with Gasteiger partial charge in [-0.15, -0.1) is 0 Å². The Balaban J connectivity index is 2.13. The number of nitro groups is 1. The van der Waals surface area contributed by atoms with Crippen LogP contribution in [-0.4, -0.2) is 54.2 Å². The number of nitrogens with zero attached hydrogens (tertiary/aromatic N) is 3. The lowest BCUT2D eigenvalue weighted by Gasteiger charge is -2.19. The maximum absolute atomic E-state index is 12.4. The molecule has 9 heteroatoms. The van der Waals surface area contributed by atoms with Crippen LogP contribution in [0.25, 0.3) is 0 Å². The summed E-state index contributed by atoms with van der Waals surface area (Å²) in [7, 11) is 4.76. The van der Waals surface area contributed by atoms with Crippen molar-refractivity contribution in [3.63, 3.8) is 0 Å². The Labute approximate surface area is 161 Å². The summed E-state index contributed by atoms with van der Waals surface area (Å²) >= 11 is 5.78. The molecule has 0 radical (unpaired) electrons. The molecule has 0 atom stereocenters. The van der Waals surface area contributed by atoms with Gasteiger partial charge < -0.3 is 14.5 Å². The molecule has 0 N–H and O–H groups in total. The van der Waals surface area contributed by atoms with Gasteiger partial charge in [0.25, 0.3) is 5.91 Å². The molecule has 8 nitrogen and oxygen atoms in total. The molecule has 0 aliphatic carbocycles. The first-order valence-corrected chi connectivity index (χ1v) is 8.24. The van der Waals surface area contributed by atoms with E-state index >= 15 is 0 Å². The summed E-state index contributed by atoms with van der Waals surface area (Å²) in [4.78, 5) is 37.3. The predicted molar refractivity (Wildman–Crippen MR) is 100 cm³/mol. The van der Waals surface area contributed by atoms with Crippen molar-refractivity contribution in [2.75, 3.05) is 27.7 Å². The van der Waals surface area contributed by atoms with Gasteiger partial charge in [0, 0.05) is 37.8 Å². The molecule has 2 rings (SSSR count). The molecule has 2 amide bonds. The van der Waals surface area contributed by atoms with Crippen LogP contribution in [0.2, 0.25) is 5.02 Å². The zero-order chi connectivity index (χ0) is 20.1. The molecular weight excluding hydrogens is 374 g/mol. The van der Waals surface area contributed by atoms with Crippen LogP contribution >= 0.6 is 11.6 Å². The van der Waals surface area contributed by atoms with Crippen LogP contribution in [-0.2, 0) is 4.79 Å². The minimum atomic E-state index is -0.587. The van der Waals surface area contributed by atoms with Crippen molar-refractivity contribution in [3.8, 4) is 11.5 Å². The van der Waals surface area contributed by atoms with Gasteiger partial charge in [-0.1, -0.05) is 11.6 Å². The third-order valence-electron chi connectivity index (χ3n) is 3.66. The Bertz CT molecular complexity index is 868. The van der Waals surface area contributed by atoms with E-state index in [1.54, 1.807) is 14.1 Å². The summed E-state index contributed by atoms with van der Waals surface area (Å²) in [6.07, 6.45) is 0. The molecular formula is C18H18ClN3O5. The van der Waals surface area contributed by atoms with Gasteiger partial charge in [-0.3, -0.25) is 19.7 Å². The smallest absolute Gasteiger partial charge is 0.313 e. The molecule has 0 aliphatic rings.